The van der Waals surface area contributed by atoms with Gasteiger partial charge in [0.15, 0.2) is 5.65 Å². The van der Waals surface area contributed by atoms with Gasteiger partial charge in [0, 0.05) is 31.1 Å². The summed E-state index contributed by atoms with van der Waals surface area (Å²) >= 11 is 0. The maximum absolute atomic E-state index is 13.1. The zero-order valence-corrected chi connectivity index (χ0v) is 16.7. The van der Waals surface area contributed by atoms with Crippen molar-refractivity contribution >= 4 is 40.1 Å². The number of nitrogens with one attached hydrogen (secondary N) is 1. The van der Waals surface area contributed by atoms with Gasteiger partial charge in [0.05, 0.1) is 23.4 Å². The quantitative estimate of drug-likeness (QED) is 0.483. The summed E-state index contributed by atoms with van der Waals surface area (Å²) in [7, 11) is 0. The third kappa shape index (κ3) is 3.71. The monoisotopic (exact) mass is 415 g/mol. The van der Waals surface area contributed by atoms with Crippen LogP contribution in [0, 0.1) is 0 Å². The van der Waals surface area contributed by atoms with E-state index in [9.17, 15) is 4.79 Å². The molecule has 1 fully saturated rings. The van der Waals surface area contributed by atoms with Crippen LogP contribution in [0.5, 0.6) is 0 Å². The molecule has 5 rings (SSSR count). The largest absolute Gasteiger partial charge is 0.383 e. The van der Waals surface area contributed by atoms with E-state index in [1.54, 1.807) is 18.6 Å². The molecule has 1 aliphatic heterocycles. The first-order valence-electron chi connectivity index (χ1n) is 10.1. The van der Waals surface area contributed by atoms with Crippen molar-refractivity contribution < 1.29 is 9.53 Å². The molecule has 1 aliphatic rings. The molecule has 1 amide bonds. The minimum absolute atomic E-state index is 0.0223. The number of nitrogen functional groups attached to an aromatic ring is 1. The number of aromatic nitrogens is 4. The van der Waals surface area contributed by atoms with Gasteiger partial charge < -0.3 is 15.8 Å². The number of nitrogens with zero attached hydrogens (tertiary/aromatic N) is 5. The van der Waals surface area contributed by atoms with Crippen LogP contribution in [0.25, 0.3) is 22.2 Å². The Bertz CT molecular complexity index is 1280. The Morgan fingerprint density at radius 2 is 2.10 bits per heavy atom. The number of ether oxygens (including phenoxy) is 1. The van der Waals surface area contributed by atoms with Crippen molar-refractivity contribution in [2.45, 2.75) is 18.9 Å². The Morgan fingerprint density at radius 3 is 2.84 bits per heavy atom. The molecule has 0 saturated carbocycles. The predicted octanol–water partition coefficient (Wildman–Crippen LogP) is 2.35. The molecule has 4 heterocycles. The average Bonchev–Trinajstić information content (AvgIpc) is 3.41. The Morgan fingerprint density at radius 1 is 1.26 bits per heavy atom. The fraction of sp³-hybridized carbons (Fsp3) is 0.227. The van der Waals surface area contributed by atoms with Crippen molar-refractivity contribution in [3.63, 3.8) is 0 Å². The summed E-state index contributed by atoms with van der Waals surface area (Å²) < 4.78 is 7.05. The van der Waals surface area contributed by atoms with Gasteiger partial charge in [-0.2, -0.15) is 9.78 Å². The molecular weight excluding hydrogens is 394 g/mol. The van der Waals surface area contributed by atoms with Crippen LogP contribution in [0.15, 0.2) is 53.9 Å². The first-order chi connectivity index (χ1) is 15.2. The zero-order valence-electron chi connectivity index (χ0n) is 16.7. The van der Waals surface area contributed by atoms with E-state index in [4.69, 9.17) is 10.5 Å². The lowest BCUT2D eigenvalue weighted by atomic mass is 10.2. The van der Waals surface area contributed by atoms with E-state index >= 15 is 0 Å². The number of rotatable bonds is 5. The third-order valence-corrected chi connectivity index (χ3v) is 5.22. The standard InChI is InChI=1S/C22H21N7O2/c23-20-18(22(30)25-13-15-6-4-10-31-15)19-21(28-17-8-2-1-7-16(17)27-19)29(20)26-12-14-5-3-9-24-11-14/h1-3,5,7-9,11-12,15H,4,6,10,13,23H2,(H,25,30)/b26-12-/t15-/m0/s1. The topological polar surface area (TPSA) is 120 Å². The van der Waals surface area contributed by atoms with Crippen LogP contribution in [0.2, 0.25) is 0 Å². The molecule has 156 valence electrons. The van der Waals surface area contributed by atoms with Gasteiger partial charge in [-0.1, -0.05) is 18.2 Å². The summed E-state index contributed by atoms with van der Waals surface area (Å²) in [5.74, 6) is -0.145. The van der Waals surface area contributed by atoms with Crippen LogP contribution >= 0.6 is 0 Å². The summed E-state index contributed by atoms with van der Waals surface area (Å²) in [6.07, 6.45) is 6.94. The summed E-state index contributed by atoms with van der Waals surface area (Å²) in [5, 5.41) is 7.39. The summed E-state index contributed by atoms with van der Waals surface area (Å²) in [4.78, 5) is 26.5. The Labute approximate surface area is 178 Å². The Hall–Kier alpha value is -3.85. The van der Waals surface area contributed by atoms with Gasteiger partial charge in [-0.25, -0.2) is 9.97 Å². The number of hydrogen-bond acceptors (Lipinski definition) is 7. The van der Waals surface area contributed by atoms with Gasteiger partial charge in [-0.05, 0) is 31.0 Å². The fourth-order valence-corrected chi connectivity index (χ4v) is 3.67. The van der Waals surface area contributed by atoms with Gasteiger partial charge in [0.25, 0.3) is 5.91 Å². The number of para-hydroxylation sites is 2. The van der Waals surface area contributed by atoms with Crippen LogP contribution in [0.1, 0.15) is 28.8 Å². The molecule has 31 heavy (non-hydrogen) atoms. The molecule has 0 bridgehead atoms. The number of benzene rings is 1. The minimum atomic E-state index is -0.321. The number of fused-ring (bicyclic) bond motifs is 2. The first-order valence-corrected chi connectivity index (χ1v) is 10.1. The maximum atomic E-state index is 13.1. The summed E-state index contributed by atoms with van der Waals surface area (Å²) in [5.41, 5.74) is 9.63. The summed E-state index contributed by atoms with van der Waals surface area (Å²) in [6, 6.07) is 11.2. The molecule has 1 atom stereocenters. The van der Waals surface area contributed by atoms with Gasteiger partial charge in [-0.15, -0.1) is 0 Å². The third-order valence-electron chi connectivity index (χ3n) is 5.22. The fourth-order valence-electron chi connectivity index (χ4n) is 3.67. The van der Waals surface area contributed by atoms with E-state index in [2.05, 4.69) is 25.4 Å². The molecule has 1 saturated heterocycles. The number of anilines is 1. The van der Waals surface area contributed by atoms with E-state index in [-0.39, 0.29) is 23.4 Å². The summed E-state index contributed by atoms with van der Waals surface area (Å²) in [6.45, 7) is 1.15. The number of pyridine rings is 1. The SMILES string of the molecule is Nc1c(C(=O)NC[C@@H]2CCCO2)c2nc3ccccc3nc2n1/N=C\c1cccnc1. The molecule has 0 spiro atoms. The molecule has 4 aromatic rings. The highest BCUT2D eigenvalue weighted by atomic mass is 16.5. The Kier molecular flexibility index (Phi) is 5.01. The number of carbonyl (C=O) groups is 1. The molecule has 9 nitrogen and oxygen atoms in total. The van der Waals surface area contributed by atoms with Gasteiger partial charge in [0.1, 0.15) is 16.9 Å². The van der Waals surface area contributed by atoms with E-state index in [1.807, 2.05) is 36.4 Å². The van der Waals surface area contributed by atoms with Crippen molar-refractivity contribution in [2.75, 3.05) is 18.9 Å². The molecule has 3 aromatic heterocycles. The number of nitrogens with two attached hydrogens (primary N) is 1. The van der Waals surface area contributed by atoms with Crippen molar-refractivity contribution in [1.82, 2.24) is 24.9 Å². The van der Waals surface area contributed by atoms with E-state index < -0.39 is 0 Å². The molecule has 9 heteroatoms. The molecule has 3 N–H and O–H groups in total. The molecule has 0 unspecified atom stereocenters. The second-order valence-corrected chi connectivity index (χ2v) is 7.33. The van der Waals surface area contributed by atoms with Gasteiger partial charge in [0.2, 0.25) is 0 Å². The number of amides is 1. The first kappa shape index (κ1) is 19.1. The number of carbonyl (C=O) groups excluding carboxylic acids is 1. The van der Waals surface area contributed by atoms with Gasteiger partial charge >= 0.3 is 0 Å². The highest BCUT2D eigenvalue weighted by molar-refractivity contribution is 6.10. The van der Waals surface area contributed by atoms with Crippen molar-refractivity contribution in [2.24, 2.45) is 5.10 Å². The van der Waals surface area contributed by atoms with Crippen molar-refractivity contribution in [1.29, 1.82) is 0 Å². The van der Waals surface area contributed by atoms with E-state index in [1.165, 1.54) is 4.68 Å². The zero-order chi connectivity index (χ0) is 21.2. The van der Waals surface area contributed by atoms with E-state index in [0.29, 0.717) is 28.7 Å². The highest BCUT2D eigenvalue weighted by Crippen LogP contribution is 2.28. The lowest BCUT2D eigenvalue weighted by Gasteiger charge is -2.10. The molecule has 0 radical (unpaired) electrons. The predicted molar refractivity (Wildman–Crippen MR) is 118 cm³/mol. The average molecular weight is 415 g/mol. The second-order valence-electron chi connectivity index (χ2n) is 7.33. The highest BCUT2D eigenvalue weighted by Gasteiger charge is 2.25. The lowest BCUT2D eigenvalue weighted by Crippen LogP contribution is -2.32. The van der Waals surface area contributed by atoms with Crippen LogP contribution in [0.3, 0.4) is 0 Å². The van der Waals surface area contributed by atoms with Crippen LogP contribution < -0.4 is 11.1 Å². The lowest BCUT2D eigenvalue weighted by molar-refractivity contribution is 0.0859. The molecular formula is C22H21N7O2. The van der Waals surface area contributed by atoms with Crippen molar-refractivity contribution in [3.8, 4) is 0 Å². The van der Waals surface area contributed by atoms with Crippen LogP contribution in [0.4, 0.5) is 5.82 Å². The maximum Gasteiger partial charge on any atom is 0.257 e. The van der Waals surface area contributed by atoms with Crippen molar-refractivity contribution in [3.05, 3.63) is 59.9 Å². The Balaban J connectivity index is 1.59. The van der Waals surface area contributed by atoms with E-state index in [0.717, 1.165) is 25.0 Å². The second kappa shape index (κ2) is 8.11. The smallest absolute Gasteiger partial charge is 0.257 e. The normalized spacial score (nSPS) is 16.5. The van der Waals surface area contributed by atoms with Crippen LogP contribution in [-0.4, -0.2) is 51.0 Å². The molecule has 1 aromatic carbocycles. The minimum Gasteiger partial charge on any atom is -0.383 e. The number of hydrogen-bond donors (Lipinski definition) is 2. The molecule has 0 aliphatic carbocycles. The van der Waals surface area contributed by atoms with Crippen LogP contribution in [-0.2, 0) is 4.74 Å². The van der Waals surface area contributed by atoms with Gasteiger partial charge in [-0.3, -0.25) is 9.78 Å².